The highest BCUT2D eigenvalue weighted by atomic mass is 32.3. The first-order chi connectivity index (χ1) is 16.1. The van der Waals surface area contributed by atoms with Crippen molar-refractivity contribution < 1.29 is 26.6 Å². The van der Waals surface area contributed by atoms with Gasteiger partial charge in [-0.3, -0.25) is 18.7 Å². The highest BCUT2D eigenvalue weighted by Gasteiger charge is 2.62. The van der Waals surface area contributed by atoms with Gasteiger partial charge < -0.3 is 11.1 Å². The Morgan fingerprint density at radius 3 is 2.60 bits per heavy atom. The summed E-state index contributed by atoms with van der Waals surface area (Å²) in [6, 6.07) is 3.30. The first-order valence-electron chi connectivity index (χ1n) is 10.8. The minimum atomic E-state index is -3.69. The molecule has 0 aliphatic carbocycles. The average Bonchev–Trinajstić information content (AvgIpc) is 2.75. The summed E-state index contributed by atoms with van der Waals surface area (Å²) in [6.45, 7) is 5.15. The molecule has 2 atom stereocenters. The minimum absolute atomic E-state index is 0.0763. The van der Waals surface area contributed by atoms with Gasteiger partial charge in [-0.1, -0.05) is 0 Å². The summed E-state index contributed by atoms with van der Waals surface area (Å²) in [5, 5.41) is 1.13. The van der Waals surface area contributed by atoms with E-state index in [1.807, 2.05) is 0 Å². The minimum Gasteiger partial charge on any atom is -0.386 e. The fraction of sp³-hybridized carbons (Fsp3) is 0.455. The van der Waals surface area contributed by atoms with Crippen LogP contribution in [0.1, 0.15) is 48.9 Å². The molecule has 13 heteroatoms. The molecule has 0 bridgehead atoms. The molecule has 0 aromatic carbocycles. The average molecular weight is 515 g/mol. The summed E-state index contributed by atoms with van der Waals surface area (Å²) in [5.41, 5.74) is 4.13. The van der Waals surface area contributed by atoms with Crippen LogP contribution in [0.15, 0.2) is 29.4 Å². The maximum absolute atomic E-state index is 15.1. The lowest BCUT2D eigenvalue weighted by Gasteiger charge is -2.56. The molecule has 1 amide bonds. The molecule has 4 N–H and O–H groups in total. The zero-order valence-corrected chi connectivity index (χ0v) is 20.4. The summed E-state index contributed by atoms with van der Waals surface area (Å²) in [5.74, 6) is -5.67. The van der Waals surface area contributed by atoms with Crippen LogP contribution < -0.4 is 15.8 Å². The number of halogens is 4. The Kier molecular flexibility index (Phi) is 5.79. The van der Waals surface area contributed by atoms with E-state index in [1.165, 1.54) is 19.9 Å². The van der Waals surface area contributed by atoms with Gasteiger partial charge in [-0.05, 0) is 61.6 Å². The first-order valence-corrected chi connectivity index (χ1v) is 12.6. The predicted octanol–water partition coefficient (Wildman–Crippen LogP) is 2.61. The van der Waals surface area contributed by atoms with Crippen molar-refractivity contribution in [2.45, 2.75) is 55.6 Å². The summed E-state index contributed by atoms with van der Waals surface area (Å²) in [7, 11) is -3.69. The van der Waals surface area contributed by atoms with Gasteiger partial charge in [0.05, 0.1) is 22.7 Å². The predicted molar refractivity (Wildman–Crippen MR) is 125 cm³/mol. The normalized spacial score (nSPS) is 27.3. The lowest BCUT2D eigenvalue weighted by molar-refractivity contribution is -0.0139. The van der Waals surface area contributed by atoms with E-state index >= 15 is 4.39 Å². The quantitative estimate of drug-likeness (QED) is 0.371. The number of alkyl halides is 2. The number of rotatable bonds is 3. The molecule has 4 rings (SSSR count). The number of nitrogens with two attached hydrogens (primary N) is 1. The van der Waals surface area contributed by atoms with Crippen molar-refractivity contribution in [1.82, 2.24) is 14.7 Å². The fourth-order valence-corrected chi connectivity index (χ4v) is 8.29. The molecule has 1 saturated heterocycles. The fourth-order valence-electron chi connectivity index (χ4n) is 4.63. The van der Waals surface area contributed by atoms with Gasteiger partial charge in [-0.25, -0.2) is 27.5 Å². The second kappa shape index (κ2) is 8.05. The number of aliphatic imine (C=N–C) groups is 1. The number of thiol groups is 1. The number of aromatic nitrogens is 2. The number of carbonyl (C=O) groups excluding carboxylic acids is 1. The van der Waals surface area contributed by atoms with Crippen LogP contribution in [-0.4, -0.2) is 48.4 Å². The molecule has 4 heterocycles. The molecule has 35 heavy (non-hydrogen) atoms. The Morgan fingerprint density at radius 2 is 1.94 bits per heavy atom. The van der Waals surface area contributed by atoms with E-state index in [9.17, 15) is 22.2 Å². The third-order valence-electron chi connectivity index (χ3n) is 6.79. The van der Waals surface area contributed by atoms with E-state index in [0.717, 1.165) is 18.3 Å². The molecule has 0 radical (unpaired) electrons. The summed E-state index contributed by atoms with van der Waals surface area (Å²) >= 11 is 0. The van der Waals surface area contributed by atoms with Crippen LogP contribution in [0.5, 0.6) is 0 Å². The standard InChI is InChI=1S/C22H26F4N6O2S/c1-11-7-12(23)9-28-16(11)18(33)31-15-6-5-13(24)17(30-15)21(4)14-8-22(25,26)10-29-35(14,34)20(2,3)19(27)32-21/h5-7,9,14,35H,8,10H2,1-4H3,(H2,27,32)(H,29,34)(H,30,31,33)/t14-,21+/m1/s1. The number of hydrogen-bond acceptors (Lipinski definition) is 6. The van der Waals surface area contributed by atoms with Crippen molar-refractivity contribution >= 4 is 27.7 Å². The van der Waals surface area contributed by atoms with Gasteiger partial charge in [0.2, 0.25) is 0 Å². The Balaban J connectivity index is 1.80. The van der Waals surface area contributed by atoms with Crippen molar-refractivity contribution in [2.24, 2.45) is 10.7 Å². The highest BCUT2D eigenvalue weighted by Crippen LogP contribution is 2.50. The van der Waals surface area contributed by atoms with E-state index in [4.69, 9.17) is 5.73 Å². The van der Waals surface area contributed by atoms with E-state index in [0.29, 0.717) is 0 Å². The number of amides is 1. The molecule has 2 aromatic rings. The van der Waals surface area contributed by atoms with Crippen LogP contribution >= 0.6 is 0 Å². The molecule has 190 valence electrons. The second-order valence-electron chi connectivity index (χ2n) is 9.57. The Bertz CT molecular complexity index is 1300. The van der Waals surface area contributed by atoms with Crippen LogP contribution in [0, 0.1) is 18.6 Å². The maximum Gasteiger partial charge on any atom is 0.275 e. The van der Waals surface area contributed by atoms with E-state index < -0.39 is 62.1 Å². The van der Waals surface area contributed by atoms with Crippen LogP contribution in [0.2, 0.25) is 0 Å². The summed E-state index contributed by atoms with van der Waals surface area (Å²) < 4.78 is 72.8. The number of nitrogens with zero attached hydrogens (tertiary/aromatic N) is 3. The molecule has 8 nitrogen and oxygen atoms in total. The van der Waals surface area contributed by atoms with Gasteiger partial charge in [0.25, 0.3) is 11.8 Å². The van der Waals surface area contributed by atoms with Crippen molar-refractivity contribution in [2.75, 3.05) is 11.9 Å². The van der Waals surface area contributed by atoms with Crippen molar-refractivity contribution in [3.63, 3.8) is 0 Å². The van der Waals surface area contributed by atoms with Crippen LogP contribution in [0.4, 0.5) is 23.4 Å². The third-order valence-corrected chi connectivity index (χ3v) is 10.9. The number of hydrogen-bond donors (Lipinski definition) is 4. The Hall–Kier alpha value is -2.93. The van der Waals surface area contributed by atoms with Gasteiger partial charge in [0, 0.05) is 6.42 Å². The lowest BCUT2D eigenvalue weighted by Crippen LogP contribution is -2.72. The zero-order chi connectivity index (χ0) is 26.0. The van der Waals surface area contributed by atoms with Gasteiger partial charge in [0.1, 0.15) is 40.2 Å². The summed E-state index contributed by atoms with van der Waals surface area (Å²) in [6.07, 6.45) is 0.0614. The SMILES string of the molecule is Cc1cc(F)cnc1C(=O)Nc1ccc(F)c([C@@]2(C)N=C(N)C(C)(C)[SH]3(=O)NCC(F)(F)C[C@H]23)n1. The molecule has 1 fully saturated rings. The largest absolute Gasteiger partial charge is 0.386 e. The molecular formula is C22H26F4N6O2S. The van der Waals surface area contributed by atoms with Crippen LogP contribution in [0.3, 0.4) is 0 Å². The molecule has 2 aromatic heterocycles. The maximum atomic E-state index is 15.1. The topological polar surface area (TPSA) is 122 Å². The molecule has 0 unspecified atom stereocenters. The van der Waals surface area contributed by atoms with Gasteiger partial charge in [-0.15, -0.1) is 0 Å². The molecule has 0 spiro atoms. The van der Waals surface area contributed by atoms with E-state index in [1.54, 1.807) is 13.8 Å². The second-order valence-corrected chi connectivity index (χ2v) is 12.9. The van der Waals surface area contributed by atoms with Crippen LogP contribution in [0.25, 0.3) is 0 Å². The lowest BCUT2D eigenvalue weighted by atomic mass is 9.88. The highest BCUT2D eigenvalue weighted by molar-refractivity contribution is 8.04. The molecular weight excluding hydrogens is 488 g/mol. The number of pyridine rings is 2. The molecule has 0 saturated carbocycles. The van der Waals surface area contributed by atoms with E-state index in [2.05, 4.69) is 25.0 Å². The smallest absolute Gasteiger partial charge is 0.275 e. The van der Waals surface area contributed by atoms with Gasteiger partial charge in [-0.2, -0.15) is 0 Å². The number of aryl methyl sites for hydroxylation is 1. The number of fused-ring (bicyclic) bond motifs is 1. The van der Waals surface area contributed by atoms with Crippen molar-refractivity contribution in [3.8, 4) is 0 Å². The van der Waals surface area contributed by atoms with Crippen molar-refractivity contribution in [1.29, 1.82) is 0 Å². The third kappa shape index (κ3) is 3.99. The molecule has 2 aliphatic heterocycles. The monoisotopic (exact) mass is 514 g/mol. The Labute approximate surface area is 200 Å². The van der Waals surface area contributed by atoms with Gasteiger partial charge in [0.15, 0.2) is 0 Å². The number of amidine groups is 1. The van der Waals surface area contributed by atoms with Gasteiger partial charge >= 0.3 is 0 Å². The number of anilines is 1. The Morgan fingerprint density at radius 1 is 1.26 bits per heavy atom. The number of carbonyl (C=O) groups is 1. The zero-order valence-electron chi connectivity index (χ0n) is 19.5. The van der Waals surface area contributed by atoms with E-state index in [-0.39, 0.29) is 28.6 Å². The molecule has 2 aliphatic rings. The first kappa shape index (κ1) is 25.2. The number of nitrogens with one attached hydrogen (secondary N) is 2. The van der Waals surface area contributed by atoms with Crippen LogP contribution in [-0.2, 0) is 15.7 Å². The van der Waals surface area contributed by atoms with Crippen molar-refractivity contribution in [3.05, 3.63) is 53.0 Å². The summed E-state index contributed by atoms with van der Waals surface area (Å²) in [4.78, 5) is 25.0.